The van der Waals surface area contributed by atoms with Gasteiger partial charge in [0.2, 0.25) is 0 Å². The molecule has 2 atom stereocenters. The Morgan fingerprint density at radius 1 is 1.31 bits per heavy atom. The Morgan fingerprint density at radius 3 is 2.69 bits per heavy atom. The van der Waals surface area contributed by atoms with Crippen molar-refractivity contribution in [3.63, 3.8) is 0 Å². The molecule has 0 aliphatic heterocycles. The number of benzene rings is 2. The normalized spacial score (nSPS) is 14.0. The molecule has 148 valence electrons. The van der Waals surface area contributed by atoms with Gasteiger partial charge in [0, 0.05) is 0 Å². The number of halogens is 1. The number of hydrogen-bond acceptors (Lipinski definition) is 4. The van der Waals surface area contributed by atoms with Crippen LogP contribution < -0.4 is 10.2 Å². The van der Waals surface area contributed by atoms with Crippen LogP contribution in [0.25, 0.3) is 16.6 Å². The number of aliphatic hydroxyl groups is 1. The topological polar surface area (TPSA) is 106 Å². The van der Waals surface area contributed by atoms with E-state index in [-0.39, 0.29) is 23.8 Å². The first-order valence-electron chi connectivity index (χ1n) is 9.05. The van der Waals surface area contributed by atoms with E-state index in [2.05, 4.69) is 15.3 Å². The summed E-state index contributed by atoms with van der Waals surface area (Å²) in [5.41, 5.74) is 2.06. The Morgan fingerprint density at radius 2 is 2.00 bits per heavy atom. The Bertz CT molecular complexity index is 1080. The molecule has 0 bridgehead atoms. The molecule has 2 aromatic carbocycles. The third kappa shape index (κ3) is 4.57. The van der Waals surface area contributed by atoms with Crippen LogP contribution in [0.4, 0.5) is 5.69 Å². The van der Waals surface area contributed by atoms with Crippen molar-refractivity contribution in [2.45, 2.75) is 13.0 Å². The minimum absolute atomic E-state index is 0.0551. The second-order valence-electron chi connectivity index (χ2n) is 6.75. The predicted molar refractivity (Wildman–Crippen MR) is 113 cm³/mol. The van der Waals surface area contributed by atoms with Crippen molar-refractivity contribution >= 4 is 39.8 Å². The number of imidazole rings is 1. The number of fused-ring (bicyclic) bond motifs is 1. The van der Waals surface area contributed by atoms with Crippen molar-refractivity contribution in [1.82, 2.24) is 9.97 Å². The van der Waals surface area contributed by atoms with Crippen LogP contribution in [-0.4, -0.2) is 40.6 Å². The lowest BCUT2D eigenvalue weighted by atomic mass is 10.1. The van der Waals surface area contributed by atoms with E-state index in [1.54, 1.807) is 38.2 Å². The minimum Gasteiger partial charge on any atom is -0.505 e. The summed E-state index contributed by atoms with van der Waals surface area (Å²) in [5.74, 6) is -0.0848. The predicted octanol–water partition coefficient (Wildman–Crippen LogP) is 2.55. The summed E-state index contributed by atoms with van der Waals surface area (Å²) in [5, 5.41) is 23.5. The van der Waals surface area contributed by atoms with Gasteiger partial charge in [-0.15, -0.1) is 0 Å². The summed E-state index contributed by atoms with van der Waals surface area (Å²) in [6, 6.07) is 15.9. The lowest BCUT2D eigenvalue weighted by molar-refractivity contribution is -0.891. The standard InChI is InChI=1S/C21H20ClN5O2/c1-13(27(2)12-19(28)24-16-8-4-3-7-15(16)22)20(29)14(11-23)21-25-17-9-5-6-10-18(17)26-21/h3-10,13,29H,12H2,1-2H3,(H,24,28)(H,25,26)/p+1/b20-14-/t13-/m0/s1. The molecule has 1 amide bonds. The summed E-state index contributed by atoms with van der Waals surface area (Å²) in [6.45, 7) is 1.82. The van der Waals surface area contributed by atoms with Gasteiger partial charge in [0.1, 0.15) is 17.7 Å². The molecule has 0 saturated heterocycles. The van der Waals surface area contributed by atoms with Crippen molar-refractivity contribution in [3.8, 4) is 6.07 Å². The van der Waals surface area contributed by atoms with Gasteiger partial charge in [-0.05, 0) is 31.2 Å². The molecule has 0 fully saturated rings. The van der Waals surface area contributed by atoms with Crippen molar-refractivity contribution in [3.05, 3.63) is 65.1 Å². The summed E-state index contributed by atoms with van der Waals surface area (Å²) in [4.78, 5) is 20.5. The number of nitriles is 1. The number of hydrogen-bond donors (Lipinski definition) is 4. The van der Waals surface area contributed by atoms with Crippen LogP contribution >= 0.6 is 11.6 Å². The average molecular weight is 411 g/mol. The number of carbonyl (C=O) groups is 1. The number of amides is 1. The van der Waals surface area contributed by atoms with E-state index in [9.17, 15) is 15.2 Å². The lowest BCUT2D eigenvalue weighted by Crippen LogP contribution is -3.13. The first-order valence-corrected chi connectivity index (χ1v) is 9.43. The van der Waals surface area contributed by atoms with E-state index in [1.807, 2.05) is 30.3 Å². The highest BCUT2D eigenvalue weighted by atomic mass is 35.5. The van der Waals surface area contributed by atoms with Gasteiger partial charge >= 0.3 is 0 Å². The highest BCUT2D eigenvalue weighted by Crippen LogP contribution is 2.21. The van der Waals surface area contributed by atoms with E-state index in [4.69, 9.17) is 11.6 Å². The van der Waals surface area contributed by atoms with Gasteiger partial charge in [-0.3, -0.25) is 4.79 Å². The largest absolute Gasteiger partial charge is 0.505 e. The van der Waals surface area contributed by atoms with Crippen molar-refractivity contribution in [2.75, 3.05) is 18.9 Å². The van der Waals surface area contributed by atoms with Crippen LogP contribution in [0.1, 0.15) is 12.7 Å². The van der Waals surface area contributed by atoms with E-state index in [0.717, 1.165) is 5.52 Å². The summed E-state index contributed by atoms with van der Waals surface area (Å²) < 4.78 is 0. The number of aromatic amines is 1. The molecule has 3 rings (SSSR count). The number of nitrogens with one attached hydrogen (secondary N) is 3. The third-order valence-electron chi connectivity index (χ3n) is 4.73. The fraction of sp³-hybridized carbons (Fsp3) is 0.190. The maximum Gasteiger partial charge on any atom is 0.279 e. The van der Waals surface area contributed by atoms with Crippen LogP contribution in [0.15, 0.2) is 54.3 Å². The molecule has 3 aromatic rings. The second-order valence-corrected chi connectivity index (χ2v) is 7.15. The maximum atomic E-state index is 12.4. The van der Waals surface area contributed by atoms with Gasteiger partial charge in [-0.25, -0.2) is 4.98 Å². The van der Waals surface area contributed by atoms with Gasteiger partial charge < -0.3 is 20.3 Å². The molecular weight excluding hydrogens is 390 g/mol. The molecule has 0 aliphatic rings. The fourth-order valence-corrected chi connectivity index (χ4v) is 3.10. The first-order chi connectivity index (χ1) is 13.9. The highest BCUT2D eigenvalue weighted by molar-refractivity contribution is 6.33. The van der Waals surface area contributed by atoms with Crippen molar-refractivity contribution in [1.29, 1.82) is 5.26 Å². The molecule has 8 heteroatoms. The number of allylic oxidation sites excluding steroid dienone is 1. The molecule has 1 heterocycles. The lowest BCUT2D eigenvalue weighted by Gasteiger charge is -2.21. The number of H-pyrrole nitrogens is 1. The fourth-order valence-electron chi connectivity index (χ4n) is 2.92. The van der Waals surface area contributed by atoms with E-state index in [0.29, 0.717) is 27.0 Å². The molecule has 0 spiro atoms. The molecule has 7 nitrogen and oxygen atoms in total. The minimum atomic E-state index is -0.505. The summed E-state index contributed by atoms with van der Waals surface area (Å²) in [7, 11) is 1.76. The number of nitrogens with zero attached hydrogens (tertiary/aromatic N) is 2. The third-order valence-corrected chi connectivity index (χ3v) is 5.06. The number of aliphatic hydroxyl groups excluding tert-OH is 1. The SMILES string of the molecule is C[C@@H](/C(O)=C(\C#N)c1nc2ccccc2[nH]1)[NH+](C)CC(=O)Nc1ccccc1Cl. The molecule has 4 N–H and O–H groups in total. The highest BCUT2D eigenvalue weighted by Gasteiger charge is 2.25. The first kappa shape index (κ1) is 20.4. The molecular formula is C21H21ClN5O2+. The van der Waals surface area contributed by atoms with Gasteiger partial charge in [0.15, 0.2) is 18.1 Å². The molecule has 1 unspecified atom stereocenters. The van der Waals surface area contributed by atoms with Crippen molar-refractivity contribution < 1.29 is 14.8 Å². The van der Waals surface area contributed by atoms with Gasteiger partial charge in [-0.2, -0.15) is 5.26 Å². The van der Waals surface area contributed by atoms with Crippen LogP contribution in [0.2, 0.25) is 5.02 Å². The van der Waals surface area contributed by atoms with Crippen LogP contribution in [-0.2, 0) is 4.79 Å². The number of quaternary nitrogens is 1. The Hall–Kier alpha value is -3.34. The number of anilines is 1. The zero-order chi connectivity index (χ0) is 21.0. The van der Waals surface area contributed by atoms with E-state index >= 15 is 0 Å². The molecule has 0 aliphatic carbocycles. The number of carbonyl (C=O) groups excluding carboxylic acids is 1. The Kier molecular flexibility index (Phi) is 6.17. The number of aromatic nitrogens is 2. The zero-order valence-corrected chi connectivity index (χ0v) is 16.8. The molecule has 29 heavy (non-hydrogen) atoms. The van der Waals surface area contributed by atoms with Gasteiger partial charge in [0.25, 0.3) is 5.91 Å². The smallest absolute Gasteiger partial charge is 0.279 e. The van der Waals surface area contributed by atoms with Crippen LogP contribution in [0, 0.1) is 11.3 Å². The zero-order valence-electron chi connectivity index (χ0n) is 16.0. The Balaban J connectivity index is 1.76. The van der Waals surface area contributed by atoms with Crippen LogP contribution in [0.3, 0.4) is 0 Å². The number of rotatable bonds is 6. The van der Waals surface area contributed by atoms with Gasteiger partial charge in [0.05, 0.1) is 28.8 Å². The second kappa shape index (κ2) is 8.78. The molecule has 0 radical (unpaired) electrons. The quantitative estimate of drug-likeness (QED) is 0.370. The molecule has 0 saturated carbocycles. The summed E-state index contributed by atoms with van der Waals surface area (Å²) in [6.07, 6.45) is 0. The monoisotopic (exact) mass is 410 g/mol. The van der Waals surface area contributed by atoms with E-state index in [1.165, 1.54) is 0 Å². The van der Waals surface area contributed by atoms with E-state index < -0.39 is 6.04 Å². The maximum absolute atomic E-state index is 12.4. The molecule has 1 aromatic heterocycles. The van der Waals surface area contributed by atoms with Crippen molar-refractivity contribution in [2.24, 2.45) is 0 Å². The number of likely N-dealkylation sites (N-methyl/N-ethyl adjacent to an activating group) is 1. The number of para-hydroxylation sites is 3. The van der Waals surface area contributed by atoms with Gasteiger partial charge in [-0.1, -0.05) is 35.9 Å². The van der Waals surface area contributed by atoms with Crippen LogP contribution in [0.5, 0.6) is 0 Å². The Labute approximate surface area is 173 Å². The summed E-state index contributed by atoms with van der Waals surface area (Å²) >= 11 is 6.06. The average Bonchev–Trinajstić information content (AvgIpc) is 3.13.